The van der Waals surface area contributed by atoms with E-state index < -0.39 is 23.5 Å². The normalized spacial score (nSPS) is 15.8. The van der Waals surface area contributed by atoms with Gasteiger partial charge in [0, 0.05) is 19.9 Å². The first-order valence-electron chi connectivity index (χ1n) is 8.98. The fourth-order valence-electron chi connectivity index (χ4n) is 3.11. The number of carbonyl (C=O) groups is 2. The van der Waals surface area contributed by atoms with Crippen LogP contribution in [0.1, 0.15) is 26.4 Å². The lowest BCUT2D eigenvalue weighted by atomic mass is 10.1. The summed E-state index contributed by atoms with van der Waals surface area (Å²) < 4.78 is 16.7. The van der Waals surface area contributed by atoms with Crippen molar-refractivity contribution in [2.24, 2.45) is 0 Å². The van der Waals surface area contributed by atoms with Crippen LogP contribution < -0.4 is 10.2 Å². The van der Waals surface area contributed by atoms with Gasteiger partial charge in [0.05, 0.1) is 20.3 Å². The maximum Gasteiger partial charge on any atom is 0.343 e. The zero-order chi connectivity index (χ0) is 21.0. The van der Waals surface area contributed by atoms with Crippen molar-refractivity contribution < 1.29 is 28.9 Å². The molecular formula is C20H22N2O7. The Bertz CT molecular complexity index is 955. The average Bonchev–Trinajstić information content (AvgIpc) is 2.73. The number of hydrogen-bond acceptors (Lipinski definition) is 7. The number of benzene rings is 1. The van der Waals surface area contributed by atoms with Crippen LogP contribution in [0.2, 0.25) is 0 Å². The molecule has 154 valence electrons. The van der Waals surface area contributed by atoms with E-state index >= 15 is 0 Å². The monoisotopic (exact) mass is 402 g/mol. The smallest absolute Gasteiger partial charge is 0.343 e. The number of carbonyl (C=O) groups excluding carboxylic acids is 2. The number of esters is 1. The number of methoxy groups -OCH3 is 2. The molecule has 1 aromatic heterocycles. The van der Waals surface area contributed by atoms with Gasteiger partial charge in [0.15, 0.2) is 11.4 Å². The summed E-state index contributed by atoms with van der Waals surface area (Å²) in [5.74, 6) is -1.69. The topological polar surface area (TPSA) is 107 Å². The van der Waals surface area contributed by atoms with Gasteiger partial charge in [-0.15, -0.1) is 0 Å². The lowest BCUT2D eigenvalue weighted by molar-refractivity contribution is -0.0208. The van der Waals surface area contributed by atoms with E-state index in [1.165, 1.54) is 22.8 Å². The van der Waals surface area contributed by atoms with Crippen LogP contribution >= 0.6 is 0 Å². The van der Waals surface area contributed by atoms with E-state index in [4.69, 9.17) is 9.47 Å². The first kappa shape index (κ1) is 20.6. The van der Waals surface area contributed by atoms with Crippen molar-refractivity contribution in [3.05, 3.63) is 63.6 Å². The van der Waals surface area contributed by atoms with Gasteiger partial charge in [0.25, 0.3) is 5.91 Å². The maximum atomic E-state index is 13.0. The minimum Gasteiger partial charge on any atom is -0.483 e. The van der Waals surface area contributed by atoms with Crippen molar-refractivity contribution in [3.8, 4) is 5.75 Å². The quantitative estimate of drug-likeness (QED) is 0.677. The number of fused-ring (bicyclic) bond motifs is 1. The summed E-state index contributed by atoms with van der Waals surface area (Å²) in [6, 6.07) is 9.10. The molecule has 1 amide bonds. The molecule has 2 heterocycles. The third kappa shape index (κ3) is 4.15. The van der Waals surface area contributed by atoms with Crippen LogP contribution in [0.3, 0.4) is 0 Å². The molecule has 9 heteroatoms. The Hall–Kier alpha value is -3.17. The molecule has 2 aromatic rings. The Morgan fingerprint density at radius 3 is 2.59 bits per heavy atom. The number of aromatic nitrogens is 1. The first-order chi connectivity index (χ1) is 14.0. The Balaban J connectivity index is 2.07. The van der Waals surface area contributed by atoms with Gasteiger partial charge < -0.3 is 28.8 Å². The fraction of sp³-hybridized carbons (Fsp3) is 0.350. The van der Waals surface area contributed by atoms with E-state index in [-0.39, 0.29) is 43.3 Å². The molecule has 9 nitrogen and oxygen atoms in total. The van der Waals surface area contributed by atoms with Gasteiger partial charge >= 0.3 is 5.97 Å². The second kappa shape index (κ2) is 8.89. The largest absolute Gasteiger partial charge is 0.483 e. The molecule has 1 aliphatic heterocycles. The zero-order valence-electron chi connectivity index (χ0n) is 16.2. The van der Waals surface area contributed by atoms with E-state index in [1.54, 1.807) is 0 Å². The molecule has 0 aliphatic carbocycles. The van der Waals surface area contributed by atoms with Crippen molar-refractivity contribution in [1.82, 2.24) is 9.47 Å². The number of amides is 1. The lowest BCUT2D eigenvalue weighted by Crippen LogP contribution is -2.50. The summed E-state index contributed by atoms with van der Waals surface area (Å²) in [6.45, 7) is 0.355. The molecule has 1 N–H and O–H groups in total. The molecule has 3 rings (SSSR count). The minimum atomic E-state index is -1.14. The second-order valence-corrected chi connectivity index (χ2v) is 6.44. The van der Waals surface area contributed by atoms with Crippen LogP contribution in [0.5, 0.6) is 5.75 Å². The molecule has 29 heavy (non-hydrogen) atoms. The number of pyridine rings is 1. The van der Waals surface area contributed by atoms with E-state index in [0.29, 0.717) is 0 Å². The Morgan fingerprint density at radius 2 is 1.93 bits per heavy atom. The van der Waals surface area contributed by atoms with Gasteiger partial charge in [-0.25, -0.2) is 4.79 Å². The molecule has 0 radical (unpaired) electrons. The van der Waals surface area contributed by atoms with Crippen LogP contribution in [0.4, 0.5) is 0 Å². The van der Waals surface area contributed by atoms with Crippen LogP contribution in [0.25, 0.3) is 0 Å². The summed E-state index contributed by atoms with van der Waals surface area (Å²) in [6.07, 6.45) is 0.0772. The van der Waals surface area contributed by atoms with E-state index in [0.717, 1.165) is 12.7 Å². The Kier molecular flexibility index (Phi) is 6.30. The van der Waals surface area contributed by atoms with Gasteiger partial charge in [0.1, 0.15) is 18.4 Å². The van der Waals surface area contributed by atoms with Crippen LogP contribution in [-0.2, 0) is 22.6 Å². The molecule has 0 fully saturated rings. The van der Waals surface area contributed by atoms with Gasteiger partial charge in [0.2, 0.25) is 5.43 Å². The first-order valence-corrected chi connectivity index (χ1v) is 8.98. The molecule has 1 unspecified atom stereocenters. The zero-order valence-corrected chi connectivity index (χ0v) is 16.2. The number of hydrogen-bond donors (Lipinski definition) is 1. The molecule has 0 bridgehead atoms. The molecule has 0 saturated heterocycles. The highest BCUT2D eigenvalue weighted by molar-refractivity contribution is 5.98. The number of nitrogens with zero attached hydrogens (tertiary/aromatic N) is 2. The number of aliphatic hydroxyl groups excluding tert-OH is 1. The van der Waals surface area contributed by atoms with E-state index in [9.17, 15) is 19.5 Å². The van der Waals surface area contributed by atoms with Gasteiger partial charge in [-0.2, -0.15) is 0 Å². The molecule has 0 spiro atoms. The average molecular weight is 402 g/mol. The molecular weight excluding hydrogens is 380 g/mol. The van der Waals surface area contributed by atoms with Gasteiger partial charge in [-0.3, -0.25) is 9.59 Å². The third-order valence-electron chi connectivity index (χ3n) is 4.59. The molecule has 1 aromatic carbocycles. The van der Waals surface area contributed by atoms with Crippen LogP contribution in [-0.4, -0.2) is 60.0 Å². The molecule has 1 atom stereocenters. The fourth-order valence-corrected chi connectivity index (χ4v) is 3.11. The van der Waals surface area contributed by atoms with Crippen molar-refractivity contribution in [1.29, 1.82) is 0 Å². The van der Waals surface area contributed by atoms with Crippen LogP contribution in [0, 0.1) is 0 Å². The minimum absolute atomic E-state index is 0.0278. The highest BCUT2D eigenvalue weighted by atomic mass is 16.5. The summed E-state index contributed by atoms with van der Waals surface area (Å²) >= 11 is 0. The Morgan fingerprint density at radius 1 is 1.21 bits per heavy atom. The van der Waals surface area contributed by atoms with Gasteiger partial charge in [-0.1, -0.05) is 30.3 Å². The second-order valence-electron chi connectivity index (χ2n) is 6.44. The third-order valence-corrected chi connectivity index (χ3v) is 4.59. The SMILES string of the molecule is COCCN1C(=O)c2c(OCc3ccccc3)c(=O)c(C(=O)OC)cn2CC1O. The predicted molar refractivity (Wildman–Crippen MR) is 102 cm³/mol. The summed E-state index contributed by atoms with van der Waals surface area (Å²) in [5.41, 5.74) is -0.256. The number of aliphatic hydroxyl groups is 1. The van der Waals surface area contributed by atoms with Gasteiger partial charge in [-0.05, 0) is 5.56 Å². The summed E-state index contributed by atoms with van der Waals surface area (Å²) in [4.78, 5) is 39.2. The summed E-state index contributed by atoms with van der Waals surface area (Å²) in [5, 5.41) is 10.4. The van der Waals surface area contributed by atoms with E-state index in [1.807, 2.05) is 30.3 Å². The van der Waals surface area contributed by atoms with Crippen LogP contribution in [0.15, 0.2) is 41.3 Å². The van der Waals surface area contributed by atoms with Crippen molar-refractivity contribution in [3.63, 3.8) is 0 Å². The molecule has 0 saturated carbocycles. The van der Waals surface area contributed by atoms with Crippen molar-refractivity contribution >= 4 is 11.9 Å². The van der Waals surface area contributed by atoms with E-state index in [2.05, 4.69) is 4.74 Å². The Labute approximate surface area is 167 Å². The summed E-state index contributed by atoms with van der Waals surface area (Å²) in [7, 11) is 2.64. The van der Waals surface area contributed by atoms with Crippen molar-refractivity contribution in [2.75, 3.05) is 27.4 Å². The van der Waals surface area contributed by atoms with Crippen molar-refractivity contribution in [2.45, 2.75) is 19.4 Å². The molecule has 1 aliphatic rings. The predicted octanol–water partition coefficient (Wildman–Crippen LogP) is 0.634. The number of rotatable bonds is 7. The highest BCUT2D eigenvalue weighted by Crippen LogP contribution is 2.24. The number of ether oxygens (including phenoxy) is 3. The highest BCUT2D eigenvalue weighted by Gasteiger charge is 2.36. The standard InChI is InChI=1S/C20H22N2O7/c1-27-9-8-22-15(23)11-21-10-14(20(26)28-2)17(24)18(16(21)19(22)25)29-12-13-6-4-3-5-7-13/h3-7,10,15,23H,8-9,11-12H2,1-2H3. The maximum absolute atomic E-state index is 13.0. The lowest BCUT2D eigenvalue weighted by Gasteiger charge is -2.35.